The fraction of sp³-hybridized carbons (Fsp3) is 0.909. The largest absolute Gasteiger partial charge is 0.354 e. The van der Waals surface area contributed by atoms with E-state index in [4.69, 9.17) is 11.6 Å². The average molecular weight is 220 g/mol. The molecule has 1 unspecified atom stereocenters. The Morgan fingerprint density at radius 2 is 2.07 bits per heavy atom. The van der Waals surface area contributed by atoms with Crippen molar-refractivity contribution in [1.29, 1.82) is 0 Å². The molecule has 2 nitrogen and oxygen atoms in total. The summed E-state index contributed by atoms with van der Waals surface area (Å²) in [5.74, 6) is 0.483. The molecule has 0 fully saturated rings. The fourth-order valence-electron chi connectivity index (χ4n) is 1.38. The molecule has 0 aromatic heterocycles. The van der Waals surface area contributed by atoms with Crippen molar-refractivity contribution >= 4 is 17.5 Å². The maximum atomic E-state index is 11.1. The van der Waals surface area contributed by atoms with Gasteiger partial charge < -0.3 is 5.32 Å². The molecule has 14 heavy (non-hydrogen) atoms. The molecule has 84 valence electrons. The lowest BCUT2D eigenvalue weighted by molar-refractivity contribution is -0.121. The molecule has 0 radical (unpaired) electrons. The number of amides is 1. The Bertz CT molecular complexity index is 150. The fourth-order valence-corrected chi connectivity index (χ4v) is 1.55. The van der Waals surface area contributed by atoms with Crippen LogP contribution >= 0.6 is 11.6 Å². The Morgan fingerprint density at radius 1 is 1.36 bits per heavy atom. The SMILES string of the molecule is CCCCCCC(C)NC(=O)CCCl. The molecule has 0 aromatic rings. The van der Waals surface area contributed by atoms with E-state index in [-0.39, 0.29) is 5.91 Å². The lowest BCUT2D eigenvalue weighted by Gasteiger charge is -2.12. The predicted octanol–water partition coefficient (Wildman–Crippen LogP) is 3.09. The lowest BCUT2D eigenvalue weighted by Crippen LogP contribution is -2.32. The monoisotopic (exact) mass is 219 g/mol. The molecule has 0 rings (SSSR count). The van der Waals surface area contributed by atoms with Crippen molar-refractivity contribution in [2.24, 2.45) is 0 Å². The minimum absolute atomic E-state index is 0.0722. The number of unbranched alkanes of at least 4 members (excludes halogenated alkanes) is 3. The average Bonchev–Trinajstić information content (AvgIpc) is 2.13. The number of halogens is 1. The first-order valence-electron chi connectivity index (χ1n) is 5.56. The molecular weight excluding hydrogens is 198 g/mol. The number of hydrogen-bond acceptors (Lipinski definition) is 1. The summed E-state index contributed by atoms with van der Waals surface area (Å²) in [5.41, 5.74) is 0. The van der Waals surface area contributed by atoms with Crippen LogP contribution in [0.3, 0.4) is 0 Å². The van der Waals surface area contributed by atoms with Gasteiger partial charge in [0.25, 0.3) is 0 Å². The molecule has 0 aliphatic heterocycles. The summed E-state index contributed by atoms with van der Waals surface area (Å²) in [6.07, 6.45) is 6.53. The van der Waals surface area contributed by atoms with Crippen molar-refractivity contribution in [3.8, 4) is 0 Å². The molecule has 0 aliphatic rings. The van der Waals surface area contributed by atoms with Gasteiger partial charge in [0, 0.05) is 18.3 Å². The van der Waals surface area contributed by atoms with Gasteiger partial charge in [0.2, 0.25) is 5.91 Å². The molecule has 1 N–H and O–H groups in total. The summed E-state index contributed by atoms with van der Waals surface area (Å²) in [5, 5.41) is 2.93. The number of alkyl halides is 1. The van der Waals surface area contributed by atoms with Crippen LogP contribution in [0.4, 0.5) is 0 Å². The Labute approximate surface area is 92.4 Å². The van der Waals surface area contributed by atoms with E-state index >= 15 is 0 Å². The second kappa shape index (κ2) is 9.32. The van der Waals surface area contributed by atoms with Crippen LogP contribution < -0.4 is 5.32 Å². The molecule has 0 aliphatic carbocycles. The van der Waals surface area contributed by atoms with E-state index in [0.717, 1.165) is 6.42 Å². The third-order valence-electron chi connectivity index (χ3n) is 2.22. The maximum absolute atomic E-state index is 11.1. The van der Waals surface area contributed by atoms with Crippen LogP contribution in [0.1, 0.15) is 52.4 Å². The van der Waals surface area contributed by atoms with Crippen molar-refractivity contribution < 1.29 is 4.79 Å². The van der Waals surface area contributed by atoms with Crippen LogP contribution in [0.2, 0.25) is 0 Å². The van der Waals surface area contributed by atoms with Crippen molar-refractivity contribution in [1.82, 2.24) is 5.32 Å². The molecule has 0 heterocycles. The predicted molar refractivity (Wildman–Crippen MR) is 61.7 cm³/mol. The molecule has 0 saturated heterocycles. The number of carbonyl (C=O) groups is 1. The third-order valence-corrected chi connectivity index (χ3v) is 2.41. The quantitative estimate of drug-likeness (QED) is 0.493. The normalized spacial score (nSPS) is 12.5. The van der Waals surface area contributed by atoms with Gasteiger partial charge in [-0.1, -0.05) is 32.6 Å². The summed E-state index contributed by atoms with van der Waals surface area (Å²) < 4.78 is 0. The molecule has 0 aromatic carbocycles. The van der Waals surface area contributed by atoms with Gasteiger partial charge in [-0.05, 0) is 13.3 Å². The van der Waals surface area contributed by atoms with Gasteiger partial charge in [0.15, 0.2) is 0 Å². The van der Waals surface area contributed by atoms with Gasteiger partial charge in [0.05, 0.1) is 0 Å². The summed E-state index contributed by atoms with van der Waals surface area (Å²) in [4.78, 5) is 11.1. The first-order chi connectivity index (χ1) is 6.70. The van der Waals surface area contributed by atoms with Crippen molar-refractivity contribution in [3.63, 3.8) is 0 Å². The Morgan fingerprint density at radius 3 is 2.64 bits per heavy atom. The first kappa shape index (κ1) is 13.8. The highest BCUT2D eigenvalue weighted by Crippen LogP contribution is 2.05. The van der Waals surface area contributed by atoms with Crippen LogP contribution in [0.5, 0.6) is 0 Å². The van der Waals surface area contributed by atoms with Crippen molar-refractivity contribution in [2.75, 3.05) is 5.88 Å². The third kappa shape index (κ3) is 8.36. The van der Waals surface area contributed by atoms with Gasteiger partial charge >= 0.3 is 0 Å². The first-order valence-corrected chi connectivity index (χ1v) is 6.09. The van der Waals surface area contributed by atoms with Gasteiger partial charge in [-0.2, -0.15) is 0 Å². The topological polar surface area (TPSA) is 29.1 Å². The molecule has 1 atom stereocenters. The highest BCUT2D eigenvalue weighted by Gasteiger charge is 2.05. The van der Waals surface area contributed by atoms with E-state index in [2.05, 4.69) is 19.2 Å². The van der Waals surface area contributed by atoms with Crippen LogP contribution in [-0.4, -0.2) is 17.8 Å². The summed E-state index contributed by atoms with van der Waals surface area (Å²) in [7, 11) is 0. The zero-order valence-electron chi connectivity index (χ0n) is 9.31. The van der Waals surface area contributed by atoms with Gasteiger partial charge in [0.1, 0.15) is 0 Å². The smallest absolute Gasteiger partial charge is 0.221 e. The van der Waals surface area contributed by atoms with Crippen molar-refractivity contribution in [3.05, 3.63) is 0 Å². The summed E-state index contributed by atoms with van der Waals surface area (Å²) in [6.45, 7) is 4.25. The van der Waals surface area contributed by atoms with E-state index in [1.165, 1.54) is 25.7 Å². The highest BCUT2D eigenvalue weighted by atomic mass is 35.5. The number of carbonyl (C=O) groups excluding carboxylic acids is 1. The van der Waals surface area contributed by atoms with Gasteiger partial charge in [-0.3, -0.25) is 4.79 Å². The zero-order valence-corrected chi connectivity index (χ0v) is 10.1. The Balaban J connectivity index is 3.35. The minimum Gasteiger partial charge on any atom is -0.354 e. The standard InChI is InChI=1S/C11H22ClNO/c1-3-4-5-6-7-10(2)13-11(14)8-9-12/h10H,3-9H2,1-2H3,(H,13,14). The van der Waals surface area contributed by atoms with Crippen LogP contribution in [0, 0.1) is 0 Å². The highest BCUT2D eigenvalue weighted by molar-refractivity contribution is 6.18. The molecular formula is C11H22ClNO. The lowest BCUT2D eigenvalue weighted by atomic mass is 10.1. The van der Waals surface area contributed by atoms with E-state index in [0.29, 0.717) is 18.3 Å². The van der Waals surface area contributed by atoms with Crippen molar-refractivity contribution in [2.45, 2.75) is 58.4 Å². The Kier molecular flexibility index (Phi) is 9.16. The minimum atomic E-state index is 0.0722. The summed E-state index contributed by atoms with van der Waals surface area (Å²) in [6, 6.07) is 0.294. The second-order valence-electron chi connectivity index (χ2n) is 3.76. The maximum Gasteiger partial charge on any atom is 0.221 e. The van der Waals surface area contributed by atoms with E-state index in [9.17, 15) is 4.79 Å². The molecule has 0 bridgehead atoms. The second-order valence-corrected chi connectivity index (χ2v) is 4.13. The van der Waals surface area contributed by atoms with E-state index < -0.39 is 0 Å². The van der Waals surface area contributed by atoms with Crippen LogP contribution in [-0.2, 0) is 4.79 Å². The zero-order chi connectivity index (χ0) is 10.8. The van der Waals surface area contributed by atoms with Gasteiger partial charge in [-0.15, -0.1) is 11.6 Å². The molecule has 0 saturated carbocycles. The Hall–Kier alpha value is -0.240. The molecule has 1 amide bonds. The van der Waals surface area contributed by atoms with E-state index in [1.54, 1.807) is 0 Å². The molecule has 3 heteroatoms. The summed E-state index contributed by atoms with van der Waals surface area (Å²) >= 11 is 5.46. The number of nitrogens with one attached hydrogen (secondary N) is 1. The number of hydrogen-bond donors (Lipinski definition) is 1. The van der Waals surface area contributed by atoms with Crippen LogP contribution in [0.15, 0.2) is 0 Å². The molecule has 0 spiro atoms. The van der Waals surface area contributed by atoms with Gasteiger partial charge in [-0.25, -0.2) is 0 Å². The van der Waals surface area contributed by atoms with E-state index in [1.807, 2.05) is 0 Å². The van der Waals surface area contributed by atoms with Crippen LogP contribution in [0.25, 0.3) is 0 Å². The number of rotatable bonds is 8.